The van der Waals surface area contributed by atoms with Gasteiger partial charge < -0.3 is 9.80 Å². The van der Waals surface area contributed by atoms with Crippen molar-refractivity contribution in [2.45, 2.75) is 25.8 Å². The monoisotopic (exact) mass is 282 g/mol. The van der Waals surface area contributed by atoms with E-state index in [4.69, 9.17) is 0 Å². The molecule has 0 bridgehead atoms. The van der Waals surface area contributed by atoms with Crippen LogP contribution in [-0.2, 0) is 0 Å². The molecular weight excluding hydrogens is 256 g/mol. The summed E-state index contributed by atoms with van der Waals surface area (Å²) in [6.45, 7) is 3.40. The fraction of sp³-hybridized carbons (Fsp3) is 0.368. The third-order valence-electron chi connectivity index (χ3n) is 4.14. The summed E-state index contributed by atoms with van der Waals surface area (Å²) in [5, 5.41) is 0. The molecule has 0 saturated heterocycles. The van der Waals surface area contributed by atoms with Crippen molar-refractivity contribution in [2.24, 2.45) is 0 Å². The molecule has 0 aromatic heterocycles. The van der Waals surface area contributed by atoms with E-state index in [1.54, 1.807) is 0 Å². The van der Waals surface area contributed by atoms with Gasteiger partial charge in [0.2, 0.25) is 0 Å². The van der Waals surface area contributed by atoms with E-state index in [1.165, 1.54) is 24.2 Å². The smallest absolute Gasteiger partial charge is 0.0365 e. The third kappa shape index (κ3) is 4.52. The average Bonchev–Trinajstić information content (AvgIpc) is 2.55. The first kappa shape index (κ1) is 15.4. The van der Waals surface area contributed by atoms with Crippen LogP contribution in [0.25, 0.3) is 0 Å². The molecule has 1 unspecified atom stereocenters. The minimum Gasteiger partial charge on any atom is -0.375 e. The van der Waals surface area contributed by atoms with Crippen molar-refractivity contribution in [1.29, 1.82) is 0 Å². The van der Waals surface area contributed by atoms with E-state index in [0.717, 1.165) is 6.54 Å². The molecule has 21 heavy (non-hydrogen) atoms. The van der Waals surface area contributed by atoms with E-state index in [2.05, 4.69) is 91.5 Å². The summed E-state index contributed by atoms with van der Waals surface area (Å²) in [5.41, 5.74) is 2.59. The van der Waals surface area contributed by atoms with Gasteiger partial charge in [-0.25, -0.2) is 0 Å². The predicted molar refractivity (Wildman–Crippen MR) is 93.3 cm³/mol. The van der Waals surface area contributed by atoms with Crippen LogP contribution in [0.3, 0.4) is 0 Å². The molecular formula is C19H26N2. The largest absolute Gasteiger partial charge is 0.375 e. The van der Waals surface area contributed by atoms with E-state index < -0.39 is 0 Å². The van der Waals surface area contributed by atoms with Gasteiger partial charge in [-0.05, 0) is 44.0 Å². The first-order valence-corrected chi connectivity index (χ1v) is 7.72. The fourth-order valence-corrected chi connectivity index (χ4v) is 2.55. The lowest BCUT2D eigenvalue weighted by atomic mass is 10.1. The second kappa shape index (κ2) is 7.72. The van der Waals surface area contributed by atoms with Crippen molar-refractivity contribution in [3.05, 3.63) is 60.7 Å². The van der Waals surface area contributed by atoms with Crippen molar-refractivity contribution >= 4 is 11.4 Å². The molecule has 0 aliphatic heterocycles. The van der Waals surface area contributed by atoms with Crippen LogP contribution < -0.4 is 9.80 Å². The summed E-state index contributed by atoms with van der Waals surface area (Å²) in [6, 6.07) is 21.7. The first-order chi connectivity index (χ1) is 10.2. The van der Waals surface area contributed by atoms with Gasteiger partial charge in [-0.3, -0.25) is 0 Å². The molecule has 1 atom stereocenters. The Morgan fingerprint density at radius 2 is 1.33 bits per heavy atom. The highest BCUT2D eigenvalue weighted by Crippen LogP contribution is 2.17. The van der Waals surface area contributed by atoms with Gasteiger partial charge >= 0.3 is 0 Å². The molecule has 0 N–H and O–H groups in total. The van der Waals surface area contributed by atoms with Crippen molar-refractivity contribution in [3.8, 4) is 0 Å². The Bertz CT molecular complexity index is 510. The Kier molecular flexibility index (Phi) is 5.68. The molecule has 2 nitrogen and oxygen atoms in total. The molecule has 0 spiro atoms. The highest BCUT2D eigenvalue weighted by molar-refractivity contribution is 5.46. The van der Waals surface area contributed by atoms with Gasteiger partial charge in [-0.2, -0.15) is 0 Å². The van der Waals surface area contributed by atoms with Crippen molar-refractivity contribution < 1.29 is 0 Å². The Morgan fingerprint density at radius 1 is 0.810 bits per heavy atom. The second-order valence-corrected chi connectivity index (χ2v) is 5.69. The zero-order valence-corrected chi connectivity index (χ0v) is 13.4. The fourth-order valence-electron chi connectivity index (χ4n) is 2.55. The minimum atomic E-state index is 0.552. The zero-order valence-electron chi connectivity index (χ0n) is 13.4. The van der Waals surface area contributed by atoms with Crippen molar-refractivity contribution in [1.82, 2.24) is 0 Å². The summed E-state index contributed by atoms with van der Waals surface area (Å²) >= 11 is 0. The van der Waals surface area contributed by atoms with E-state index in [9.17, 15) is 0 Å². The molecule has 0 radical (unpaired) electrons. The Balaban J connectivity index is 1.78. The molecule has 0 fully saturated rings. The lowest BCUT2D eigenvalue weighted by molar-refractivity contribution is 0.593. The normalized spacial score (nSPS) is 12.0. The number of hydrogen-bond donors (Lipinski definition) is 0. The van der Waals surface area contributed by atoms with Crippen LogP contribution in [0.1, 0.15) is 19.8 Å². The summed E-state index contributed by atoms with van der Waals surface area (Å²) in [5.74, 6) is 0. The molecule has 0 amide bonds. The number of anilines is 2. The Morgan fingerprint density at radius 3 is 1.90 bits per heavy atom. The minimum absolute atomic E-state index is 0.552. The van der Waals surface area contributed by atoms with Crippen LogP contribution in [0, 0.1) is 0 Å². The Labute approximate surface area is 129 Å². The molecule has 112 valence electrons. The molecule has 2 aromatic rings. The number of para-hydroxylation sites is 2. The van der Waals surface area contributed by atoms with E-state index >= 15 is 0 Å². The van der Waals surface area contributed by atoms with Crippen molar-refractivity contribution in [3.63, 3.8) is 0 Å². The molecule has 0 saturated carbocycles. The topological polar surface area (TPSA) is 6.48 Å². The summed E-state index contributed by atoms with van der Waals surface area (Å²) in [7, 11) is 4.35. The number of rotatable bonds is 7. The lowest BCUT2D eigenvalue weighted by Crippen LogP contribution is -2.30. The zero-order chi connectivity index (χ0) is 15.1. The van der Waals surface area contributed by atoms with Crippen LogP contribution in [0.4, 0.5) is 11.4 Å². The highest BCUT2D eigenvalue weighted by atomic mass is 15.1. The Hall–Kier alpha value is -1.96. The maximum Gasteiger partial charge on any atom is 0.0365 e. The van der Waals surface area contributed by atoms with Crippen LogP contribution in [0.2, 0.25) is 0 Å². The summed E-state index contributed by atoms with van der Waals surface area (Å²) in [4.78, 5) is 4.69. The average molecular weight is 282 g/mol. The van der Waals surface area contributed by atoms with Gasteiger partial charge in [0, 0.05) is 38.1 Å². The SMILES string of the molecule is CC(CCCN(C)c1ccccc1)N(C)c1ccccc1. The van der Waals surface area contributed by atoms with Gasteiger partial charge in [0.15, 0.2) is 0 Å². The summed E-state index contributed by atoms with van der Waals surface area (Å²) in [6.07, 6.45) is 2.40. The number of hydrogen-bond acceptors (Lipinski definition) is 2. The predicted octanol–water partition coefficient (Wildman–Crippen LogP) is 4.43. The molecule has 0 aliphatic carbocycles. The van der Waals surface area contributed by atoms with Crippen LogP contribution in [-0.4, -0.2) is 26.7 Å². The molecule has 2 aromatic carbocycles. The van der Waals surface area contributed by atoms with Crippen LogP contribution in [0.5, 0.6) is 0 Å². The van der Waals surface area contributed by atoms with Gasteiger partial charge in [0.05, 0.1) is 0 Å². The molecule has 0 aliphatic rings. The lowest BCUT2D eigenvalue weighted by Gasteiger charge is -2.28. The second-order valence-electron chi connectivity index (χ2n) is 5.69. The van der Waals surface area contributed by atoms with Gasteiger partial charge in [0.25, 0.3) is 0 Å². The van der Waals surface area contributed by atoms with E-state index in [-0.39, 0.29) is 0 Å². The molecule has 0 heterocycles. The van der Waals surface area contributed by atoms with Crippen LogP contribution in [0.15, 0.2) is 60.7 Å². The maximum absolute atomic E-state index is 2.36. The van der Waals surface area contributed by atoms with Crippen LogP contribution >= 0.6 is 0 Å². The number of nitrogens with zero attached hydrogens (tertiary/aromatic N) is 2. The third-order valence-corrected chi connectivity index (χ3v) is 4.14. The highest BCUT2D eigenvalue weighted by Gasteiger charge is 2.10. The van der Waals surface area contributed by atoms with E-state index in [0.29, 0.717) is 6.04 Å². The first-order valence-electron chi connectivity index (χ1n) is 7.72. The maximum atomic E-state index is 2.36. The standard InChI is InChI=1S/C19H26N2/c1-17(21(3)19-14-8-5-9-15-19)11-10-16-20(2)18-12-6-4-7-13-18/h4-9,12-15,17H,10-11,16H2,1-3H3. The van der Waals surface area contributed by atoms with Gasteiger partial charge in [0.1, 0.15) is 0 Å². The van der Waals surface area contributed by atoms with Crippen molar-refractivity contribution in [2.75, 3.05) is 30.4 Å². The molecule has 2 heteroatoms. The van der Waals surface area contributed by atoms with Gasteiger partial charge in [-0.1, -0.05) is 36.4 Å². The summed E-state index contributed by atoms with van der Waals surface area (Å²) < 4.78 is 0. The number of benzene rings is 2. The van der Waals surface area contributed by atoms with E-state index in [1.807, 2.05) is 0 Å². The molecule has 2 rings (SSSR count). The van der Waals surface area contributed by atoms with Gasteiger partial charge in [-0.15, -0.1) is 0 Å². The quantitative estimate of drug-likeness (QED) is 0.741.